The van der Waals surface area contributed by atoms with Crippen molar-refractivity contribution in [2.24, 2.45) is 0 Å². The normalized spacial score (nSPS) is 11.8. The lowest BCUT2D eigenvalue weighted by molar-refractivity contribution is 0.462. The predicted molar refractivity (Wildman–Crippen MR) is 83.3 cm³/mol. The van der Waals surface area contributed by atoms with E-state index in [0.717, 1.165) is 24.1 Å². The number of sulfonamides is 1. The molecule has 0 fully saturated rings. The maximum absolute atomic E-state index is 12.5. The Morgan fingerprint density at radius 1 is 1.10 bits per heavy atom. The molecule has 0 aliphatic heterocycles. The lowest BCUT2D eigenvalue weighted by Crippen LogP contribution is -2.26. The minimum atomic E-state index is -3.48. The minimum absolute atomic E-state index is 0.264. The van der Waals surface area contributed by atoms with Gasteiger partial charge in [-0.1, -0.05) is 31.5 Å². The fourth-order valence-corrected chi connectivity index (χ4v) is 3.24. The topological polar surface area (TPSA) is 50.3 Å². The van der Waals surface area contributed by atoms with Gasteiger partial charge < -0.3 is 0 Å². The summed E-state index contributed by atoms with van der Waals surface area (Å²) in [6.07, 6.45) is 3.67. The number of pyridine rings is 1. The Balaban J connectivity index is 2.16. The molecule has 2 rings (SSSR count). The highest BCUT2D eigenvalue weighted by atomic mass is 32.2. The van der Waals surface area contributed by atoms with Gasteiger partial charge in [-0.05, 0) is 36.2 Å². The molecule has 0 amide bonds. The summed E-state index contributed by atoms with van der Waals surface area (Å²) >= 11 is 0. The molecule has 0 saturated carbocycles. The van der Waals surface area contributed by atoms with Crippen LogP contribution in [0.1, 0.15) is 24.6 Å². The average Bonchev–Trinajstić information content (AvgIpc) is 2.49. The maximum Gasteiger partial charge on any atom is 0.243 e. The molecule has 5 heteroatoms. The van der Waals surface area contributed by atoms with E-state index >= 15 is 0 Å². The first-order valence-corrected chi connectivity index (χ1v) is 8.43. The number of aryl methyl sites for hydroxylation is 1. The molecule has 0 N–H and O–H groups in total. The zero-order valence-corrected chi connectivity index (χ0v) is 13.2. The van der Waals surface area contributed by atoms with E-state index in [1.165, 1.54) is 4.31 Å². The van der Waals surface area contributed by atoms with E-state index in [0.29, 0.717) is 4.90 Å². The molecular weight excluding hydrogens is 284 g/mol. The van der Waals surface area contributed by atoms with Gasteiger partial charge in [0.1, 0.15) is 0 Å². The van der Waals surface area contributed by atoms with Gasteiger partial charge in [0, 0.05) is 13.2 Å². The van der Waals surface area contributed by atoms with Crippen molar-refractivity contribution in [3.05, 3.63) is 59.9 Å². The second-order valence-electron chi connectivity index (χ2n) is 4.98. The van der Waals surface area contributed by atoms with E-state index in [1.54, 1.807) is 25.4 Å². The van der Waals surface area contributed by atoms with Crippen LogP contribution in [0.4, 0.5) is 0 Å². The first-order chi connectivity index (χ1) is 10.0. The highest BCUT2D eigenvalue weighted by Gasteiger charge is 2.20. The molecule has 0 saturated heterocycles. The van der Waals surface area contributed by atoms with Crippen molar-refractivity contribution in [1.29, 1.82) is 0 Å². The summed E-state index contributed by atoms with van der Waals surface area (Å²) in [6, 6.07) is 12.6. The van der Waals surface area contributed by atoms with E-state index in [4.69, 9.17) is 0 Å². The fourth-order valence-electron chi connectivity index (χ4n) is 2.10. The van der Waals surface area contributed by atoms with Crippen molar-refractivity contribution in [2.45, 2.75) is 31.2 Å². The van der Waals surface area contributed by atoms with Crippen LogP contribution in [0.25, 0.3) is 0 Å². The van der Waals surface area contributed by atoms with Crippen LogP contribution in [-0.2, 0) is 23.0 Å². The number of aromatic nitrogens is 1. The molecule has 0 unspecified atom stereocenters. The summed E-state index contributed by atoms with van der Waals surface area (Å²) in [5.74, 6) is 0. The molecule has 0 radical (unpaired) electrons. The van der Waals surface area contributed by atoms with Gasteiger partial charge in [0.2, 0.25) is 10.0 Å². The van der Waals surface area contributed by atoms with E-state index in [9.17, 15) is 8.42 Å². The van der Waals surface area contributed by atoms with E-state index in [2.05, 4.69) is 11.9 Å². The van der Waals surface area contributed by atoms with Gasteiger partial charge in [0.25, 0.3) is 0 Å². The Morgan fingerprint density at radius 3 is 2.38 bits per heavy atom. The lowest BCUT2D eigenvalue weighted by atomic mass is 10.1. The van der Waals surface area contributed by atoms with Gasteiger partial charge in [-0.15, -0.1) is 0 Å². The fraction of sp³-hybridized carbons (Fsp3) is 0.312. The van der Waals surface area contributed by atoms with Crippen LogP contribution in [0.5, 0.6) is 0 Å². The molecule has 21 heavy (non-hydrogen) atoms. The maximum atomic E-state index is 12.5. The Morgan fingerprint density at radius 2 is 1.81 bits per heavy atom. The van der Waals surface area contributed by atoms with Crippen LogP contribution in [0.15, 0.2) is 53.6 Å². The van der Waals surface area contributed by atoms with Gasteiger partial charge in [-0.3, -0.25) is 4.98 Å². The number of nitrogens with zero attached hydrogens (tertiary/aromatic N) is 2. The highest BCUT2D eigenvalue weighted by Crippen LogP contribution is 2.17. The van der Waals surface area contributed by atoms with Gasteiger partial charge in [-0.2, -0.15) is 4.31 Å². The van der Waals surface area contributed by atoms with Crippen LogP contribution in [0.2, 0.25) is 0 Å². The second-order valence-corrected chi connectivity index (χ2v) is 7.02. The van der Waals surface area contributed by atoms with Crippen LogP contribution < -0.4 is 0 Å². The number of hydrogen-bond donors (Lipinski definition) is 0. The number of rotatable bonds is 6. The van der Waals surface area contributed by atoms with Crippen molar-refractivity contribution in [2.75, 3.05) is 7.05 Å². The Bertz CT molecular complexity index is 667. The van der Waals surface area contributed by atoms with E-state index in [-0.39, 0.29) is 6.54 Å². The molecule has 112 valence electrons. The third-order valence-corrected chi connectivity index (χ3v) is 5.10. The molecule has 2 aromatic rings. The zero-order chi connectivity index (χ0) is 15.3. The zero-order valence-electron chi connectivity index (χ0n) is 12.4. The monoisotopic (exact) mass is 304 g/mol. The van der Waals surface area contributed by atoms with Crippen LogP contribution in [0, 0.1) is 0 Å². The Kier molecular flexibility index (Phi) is 5.09. The molecule has 0 bridgehead atoms. The van der Waals surface area contributed by atoms with Gasteiger partial charge >= 0.3 is 0 Å². The summed E-state index contributed by atoms with van der Waals surface area (Å²) in [5, 5.41) is 0. The standard InChI is InChI=1S/C16H20N2O2S/c1-3-6-14-8-10-16(11-9-14)21(19,20)18(2)13-15-7-4-5-12-17-15/h4-5,7-12H,3,6,13H2,1-2H3. The Hall–Kier alpha value is -1.72. The lowest BCUT2D eigenvalue weighted by Gasteiger charge is -2.17. The molecule has 1 aromatic heterocycles. The third kappa shape index (κ3) is 3.89. The van der Waals surface area contributed by atoms with Gasteiger partial charge in [0.05, 0.1) is 17.1 Å². The molecular formula is C16H20N2O2S. The quantitative estimate of drug-likeness (QED) is 0.824. The van der Waals surface area contributed by atoms with Gasteiger partial charge in [0.15, 0.2) is 0 Å². The molecule has 1 heterocycles. The van der Waals surface area contributed by atoms with Crippen molar-refractivity contribution in [1.82, 2.24) is 9.29 Å². The Labute approximate surface area is 126 Å². The van der Waals surface area contributed by atoms with Crippen molar-refractivity contribution >= 4 is 10.0 Å². The van der Waals surface area contributed by atoms with Crippen LogP contribution in [0.3, 0.4) is 0 Å². The molecule has 0 aliphatic rings. The largest absolute Gasteiger partial charge is 0.260 e. The van der Waals surface area contributed by atoms with Gasteiger partial charge in [-0.25, -0.2) is 8.42 Å². The second kappa shape index (κ2) is 6.83. The summed E-state index contributed by atoms with van der Waals surface area (Å²) in [7, 11) is -1.90. The van der Waals surface area contributed by atoms with Crippen molar-refractivity contribution in [3.8, 4) is 0 Å². The van der Waals surface area contributed by atoms with E-state index in [1.807, 2.05) is 30.3 Å². The van der Waals surface area contributed by atoms with Crippen LogP contribution in [-0.4, -0.2) is 24.8 Å². The van der Waals surface area contributed by atoms with Crippen molar-refractivity contribution in [3.63, 3.8) is 0 Å². The summed E-state index contributed by atoms with van der Waals surface area (Å²) < 4.78 is 26.3. The minimum Gasteiger partial charge on any atom is -0.260 e. The number of benzene rings is 1. The average molecular weight is 304 g/mol. The highest BCUT2D eigenvalue weighted by molar-refractivity contribution is 7.89. The van der Waals surface area contributed by atoms with Crippen molar-refractivity contribution < 1.29 is 8.42 Å². The number of hydrogen-bond acceptors (Lipinski definition) is 3. The predicted octanol–water partition coefficient (Wildman–Crippen LogP) is 2.85. The van der Waals surface area contributed by atoms with Crippen LogP contribution >= 0.6 is 0 Å². The molecule has 0 atom stereocenters. The summed E-state index contributed by atoms with van der Waals surface area (Å²) in [6.45, 7) is 2.37. The molecule has 0 spiro atoms. The first-order valence-electron chi connectivity index (χ1n) is 6.99. The summed E-state index contributed by atoms with van der Waals surface area (Å²) in [5.41, 5.74) is 1.88. The SMILES string of the molecule is CCCc1ccc(S(=O)(=O)N(C)Cc2ccccn2)cc1. The summed E-state index contributed by atoms with van der Waals surface area (Å²) in [4.78, 5) is 4.48. The molecule has 1 aromatic carbocycles. The molecule has 0 aliphatic carbocycles. The first kappa shape index (κ1) is 15.7. The van der Waals surface area contributed by atoms with E-state index < -0.39 is 10.0 Å². The third-order valence-electron chi connectivity index (χ3n) is 3.28. The smallest absolute Gasteiger partial charge is 0.243 e. The molecule has 4 nitrogen and oxygen atoms in total.